The van der Waals surface area contributed by atoms with Gasteiger partial charge >= 0.3 is 6.09 Å². The van der Waals surface area contributed by atoms with E-state index < -0.39 is 36.3 Å². The Bertz CT molecular complexity index is 1150. The van der Waals surface area contributed by atoms with E-state index in [0.717, 1.165) is 41.5 Å². The minimum absolute atomic E-state index is 0.281. The van der Waals surface area contributed by atoms with Gasteiger partial charge in [-0.1, -0.05) is 62.6 Å². The molecule has 0 saturated carbocycles. The predicted molar refractivity (Wildman–Crippen MR) is 159 cm³/mol. The average molecular weight is 554 g/mol. The summed E-state index contributed by atoms with van der Waals surface area (Å²) in [4.78, 5) is 42.3. The number of unbranched alkanes of at least 4 members (excludes halogenated alkanes) is 3. The molecule has 40 heavy (non-hydrogen) atoms. The fraction of sp³-hybridized carbons (Fsp3) is 0.531. The first-order chi connectivity index (χ1) is 18.8. The molecule has 220 valence electrons. The summed E-state index contributed by atoms with van der Waals surface area (Å²) in [5, 5.41) is 15.8. The minimum atomic E-state index is -1.28. The topological polar surface area (TPSA) is 108 Å². The zero-order valence-corrected chi connectivity index (χ0v) is 25.4. The standard InChI is InChI=1S/C32H47N3O5/c1-9-10-11-12-19-35(30(38)26(20-36)33-31(39)40-32(6,7)8)28(25-18-14-15-21(2)24(25)5)29(37)34-27-22(3)16-13-17-23(27)4/h13-18,26,28,36H,9-12,19-20H2,1-8H3,(H,33,39)(H,34,37). The van der Waals surface area contributed by atoms with Crippen LogP contribution in [0, 0.1) is 27.7 Å². The van der Waals surface area contributed by atoms with Crippen molar-refractivity contribution in [3.63, 3.8) is 0 Å². The maximum absolute atomic E-state index is 14.2. The van der Waals surface area contributed by atoms with Crippen molar-refractivity contribution in [1.82, 2.24) is 10.2 Å². The zero-order chi connectivity index (χ0) is 30.0. The van der Waals surface area contributed by atoms with Crippen LogP contribution in [-0.4, -0.2) is 52.7 Å². The van der Waals surface area contributed by atoms with Crippen LogP contribution in [0.2, 0.25) is 0 Å². The lowest BCUT2D eigenvalue weighted by molar-refractivity contribution is -0.141. The molecule has 0 saturated heterocycles. The Morgan fingerprint density at radius 2 is 1.52 bits per heavy atom. The number of aryl methyl sites for hydroxylation is 3. The molecule has 0 aromatic heterocycles. The number of anilines is 1. The summed E-state index contributed by atoms with van der Waals surface area (Å²) in [6, 6.07) is 9.22. The van der Waals surface area contributed by atoms with Crippen molar-refractivity contribution in [2.75, 3.05) is 18.5 Å². The van der Waals surface area contributed by atoms with Crippen LogP contribution in [0.15, 0.2) is 36.4 Å². The molecule has 2 aromatic rings. The van der Waals surface area contributed by atoms with E-state index in [1.165, 1.54) is 4.90 Å². The van der Waals surface area contributed by atoms with E-state index in [2.05, 4.69) is 17.6 Å². The third-order valence-electron chi connectivity index (χ3n) is 6.94. The first-order valence-corrected chi connectivity index (χ1v) is 14.1. The number of rotatable bonds is 12. The highest BCUT2D eigenvalue weighted by molar-refractivity contribution is 6.00. The Morgan fingerprint density at radius 1 is 0.925 bits per heavy atom. The molecular weight excluding hydrogens is 506 g/mol. The van der Waals surface area contributed by atoms with Crippen molar-refractivity contribution in [2.24, 2.45) is 0 Å². The fourth-order valence-electron chi connectivity index (χ4n) is 4.63. The Hall–Kier alpha value is -3.39. The van der Waals surface area contributed by atoms with Crippen LogP contribution in [0.1, 0.15) is 87.2 Å². The van der Waals surface area contributed by atoms with Crippen LogP contribution in [0.3, 0.4) is 0 Å². The van der Waals surface area contributed by atoms with E-state index in [1.54, 1.807) is 20.8 Å². The Morgan fingerprint density at radius 3 is 2.10 bits per heavy atom. The van der Waals surface area contributed by atoms with E-state index in [9.17, 15) is 19.5 Å². The van der Waals surface area contributed by atoms with Crippen LogP contribution in [-0.2, 0) is 14.3 Å². The van der Waals surface area contributed by atoms with Crippen molar-refractivity contribution in [2.45, 2.75) is 98.8 Å². The zero-order valence-electron chi connectivity index (χ0n) is 25.4. The van der Waals surface area contributed by atoms with E-state index in [-0.39, 0.29) is 12.5 Å². The van der Waals surface area contributed by atoms with E-state index >= 15 is 0 Å². The van der Waals surface area contributed by atoms with Gasteiger partial charge in [-0.05, 0) is 82.7 Å². The molecule has 0 aliphatic carbocycles. The van der Waals surface area contributed by atoms with E-state index in [0.29, 0.717) is 17.7 Å². The van der Waals surface area contributed by atoms with Gasteiger partial charge in [0.1, 0.15) is 17.7 Å². The Kier molecular flexibility index (Phi) is 12.2. The van der Waals surface area contributed by atoms with Gasteiger partial charge in [-0.3, -0.25) is 9.59 Å². The average Bonchev–Trinajstić information content (AvgIpc) is 2.87. The molecule has 8 heteroatoms. The van der Waals surface area contributed by atoms with Gasteiger partial charge < -0.3 is 25.4 Å². The molecule has 0 fully saturated rings. The SMILES string of the molecule is CCCCCCN(C(=O)C(CO)NC(=O)OC(C)(C)C)C(C(=O)Nc1c(C)cccc1C)c1cccc(C)c1C. The molecule has 0 bridgehead atoms. The molecule has 3 amide bonds. The summed E-state index contributed by atoms with van der Waals surface area (Å²) in [6.07, 6.45) is 2.74. The highest BCUT2D eigenvalue weighted by atomic mass is 16.6. The van der Waals surface area contributed by atoms with Gasteiger partial charge in [0.15, 0.2) is 0 Å². The number of amides is 3. The number of nitrogens with one attached hydrogen (secondary N) is 2. The van der Waals surface area contributed by atoms with E-state index in [1.807, 2.05) is 64.1 Å². The number of aliphatic hydroxyl groups is 1. The number of aliphatic hydroxyl groups excluding tert-OH is 1. The number of carbonyl (C=O) groups is 3. The second-order valence-corrected chi connectivity index (χ2v) is 11.4. The number of ether oxygens (including phenoxy) is 1. The van der Waals surface area contributed by atoms with E-state index in [4.69, 9.17) is 4.74 Å². The quantitative estimate of drug-likeness (QED) is 0.284. The maximum Gasteiger partial charge on any atom is 0.408 e. The number of para-hydroxylation sites is 1. The molecular formula is C32H47N3O5. The van der Waals surface area contributed by atoms with Gasteiger partial charge in [0.25, 0.3) is 5.91 Å². The van der Waals surface area contributed by atoms with Gasteiger partial charge in [0.2, 0.25) is 5.91 Å². The van der Waals surface area contributed by atoms with Gasteiger partial charge in [-0.15, -0.1) is 0 Å². The van der Waals surface area contributed by atoms with Crippen LogP contribution >= 0.6 is 0 Å². The summed E-state index contributed by atoms with van der Waals surface area (Å²) in [5.41, 5.74) is 4.33. The fourth-order valence-corrected chi connectivity index (χ4v) is 4.63. The van der Waals surface area contributed by atoms with Gasteiger partial charge in [-0.2, -0.15) is 0 Å². The van der Waals surface area contributed by atoms with Gasteiger partial charge in [-0.25, -0.2) is 4.79 Å². The maximum atomic E-state index is 14.2. The number of nitrogens with zero attached hydrogens (tertiary/aromatic N) is 1. The smallest absolute Gasteiger partial charge is 0.408 e. The van der Waals surface area contributed by atoms with Crippen LogP contribution in [0.5, 0.6) is 0 Å². The third-order valence-corrected chi connectivity index (χ3v) is 6.94. The lowest BCUT2D eigenvalue weighted by Crippen LogP contribution is -2.54. The third kappa shape index (κ3) is 9.08. The van der Waals surface area contributed by atoms with Crippen molar-refractivity contribution < 1.29 is 24.2 Å². The first kappa shape index (κ1) is 32.8. The first-order valence-electron chi connectivity index (χ1n) is 14.1. The number of benzene rings is 2. The summed E-state index contributed by atoms with van der Waals surface area (Å²) < 4.78 is 5.33. The molecule has 0 aliphatic heterocycles. The monoisotopic (exact) mass is 553 g/mol. The lowest BCUT2D eigenvalue weighted by Gasteiger charge is -2.35. The molecule has 2 aromatic carbocycles. The summed E-state index contributed by atoms with van der Waals surface area (Å²) in [7, 11) is 0. The molecule has 0 heterocycles. The molecule has 8 nitrogen and oxygen atoms in total. The number of alkyl carbamates (subject to hydrolysis) is 1. The normalized spacial score (nSPS) is 12.8. The molecule has 2 unspecified atom stereocenters. The molecule has 2 rings (SSSR count). The van der Waals surface area contributed by atoms with Crippen LogP contribution in [0.25, 0.3) is 0 Å². The number of carbonyl (C=O) groups excluding carboxylic acids is 3. The second kappa shape index (κ2) is 14.8. The van der Waals surface area contributed by atoms with Crippen molar-refractivity contribution >= 4 is 23.6 Å². The number of hydrogen-bond donors (Lipinski definition) is 3. The van der Waals surface area contributed by atoms with Crippen LogP contribution in [0.4, 0.5) is 10.5 Å². The van der Waals surface area contributed by atoms with Crippen molar-refractivity contribution in [1.29, 1.82) is 0 Å². The lowest BCUT2D eigenvalue weighted by atomic mass is 9.94. The minimum Gasteiger partial charge on any atom is -0.444 e. The largest absolute Gasteiger partial charge is 0.444 e. The molecule has 0 aliphatic rings. The summed E-state index contributed by atoms with van der Waals surface area (Å²) >= 11 is 0. The molecule has 3 N–H and O–H groups in total. The number of hydrogen-bond acceptors (Lipinski definition) is 5. The second-order valence-electron chi connectivity index (χ2n) is 11.4. The highest BCUT2D eigenvalue weighted by Crippen LogP contribution is 2.30. The molecule has 0 spiro atoms. The molecule has 0 radical (unpaired) electrons. The van der Waals surface area contributed by atoms with Crippen molar-refractivity contribution in [3.8, 4) is 0 Å². The Labute approximate surface area is 239 Å². The summed E-state index contributed by atoms with van der Waals surface area (Å²) in [6.45, 7) is 14.7. The molecule has 2 atom stereocenters. The summed E-state index contributed by atoms with van der Waals surface area (Å²) in [5.74, 6) is -0.906. The van der Waals surface area contributed by atoms with Crippen molar-refractivity contribution in [3.05, 3.63) is 64.2 Å². The highest BCUT2D eigenvalue weighted by Gasteiger charge is 2.37. The Balaban J connectivity index is 2.58. The van der Waals surface area contributed by atoms with Crippen LogP contribution < -0.4 is 10.6 Å². The van der Waals surface area contributed by atoms with Gasteiger partial charge in [0.05, 0.1) is 6.61 Å². The van der Waals surface area contributed by atoms with Gasteiger partial charge in [0, 0.05) is 12.2 Å². The predicted octanol–water partition coefficient (Wildman–Crippen LogP) is 5.89.